The number of benzene rings is 3. The van der Waals surface area contributed by atoms with Gasteiger partial charge < -0.3 is 10.4 Å². The Labute approximate surface area is 136 Å². The van der Waals surface area contributed by atoms with Crippen LogP contribution in [0.25, 0.3) is 21.5 Å². The fraction of sp³-hybridized carbons (Fsp3) is 0.333. The lowest BCUT2D eigenvalue weighted by atomic mass is 9.78. The van der Waals surface area contributed by atoms with Gasteiger partial charge in [-0.05, 0) is 58.9 Å². The maximum absolute atomic E-state index is 11.5. The molecule has 2 heteroatoms. The van der Waals surface area contributed by atoms with Crippen molar-refractivity contribution in [3.05, 3.63) is 60.2 Å². The van der Waals surface area contributed by atoms with Gasteiger partial charge >= 0.3 is 0 Å². The maximum atomic E-state index is 11.5. The topological polar surface area (TPSA) is 32.3 Å². The smallest absolute Gasteiger partial charge is 0.0932 e. The Morgan fingerprint density at radius 1 is 0.826 bits per heavy atom. The molecule has 23 heavy (non-hydrogen) atoms. The number of nitrogens with one attached hydrogen (secondary N) is 1. The molecule has 2 aliphatic heterocycles. The summed E-state index contributed by atoms with van der Waals surface area (Å²) in [7, 11) is 0. The van der Waals surface area contributed by atoms with Crippen molar-refractivity contribution in [2.24, 2.45) is 0 Å². The van der Waals surface area contributed by atoms with Crippen LogP contribution < -0.4 is 5.32 Å². The average molecular weight is 303 g/mol. The molecule has 2 aliphatic rings. The third-order valence-corrected chi connectivity index (χ3v) is 5.77. The second kappa shape index (κ2) is 4.80. The number of rotatable bonds is 1. The molecule has 0 aromatic heterocycles. The molecule has 2 fully saturated rings. The molecule has 2 N–H and O–H groups in total. The van der Waals surface area contributed by atoms with Gasteiger partial charge in [0.1, 0.15) is 0 Å². The van der Waals surface area contributed by atoms with Crippen LogP contribution in [0.15, 0.2) is 54.6 Å². The molecular weight excluding hydrogens is 282 g/mol. The normalized spacial score (nSPS) is 30.1. The van der Waals surface area contributed by atoms with Crippen molar-refractivity contribution in [1.29, 1.82) is 0 Å². The molecule has 2 heterocycles. The van der Waals surface area contributed by atoms with Gasteiger partial charge in [-0.3, -0.25) is 0 Å². The first-order valence-corrected chi connectivity index (χ1v) is 8.62. The highest BCUT2D eigenvalue weighted by molar-refractivity contribution is 6.09. The second-order valence-corrected chi connectivity index (χ2v) is 7.27. The zero-order valence-corrected chi connectivity index (χ0v) is 13.1. The van der Waals surface area contributed by atoms with Crippen LogP contribution in [0.4, 0.5) is 0 Å². The van der Waals surface area contributed by atoms with Crippen LogP contribution in [-0.2, 0) is 5.60 Å². The van der Waals surface area contributed by atoms with E-state index in [9.17, 15) is 5.11 Å². The van der Waals surface area contributed by atoms with E-state index in [2.05, 4.69) is 59.9 Å². The molecule has 0 radical (unpaired) electrons. The highest BCUT2D eigenvalue weighted by Crippen LogP contribution is 2.44. The Balaban J connectivity index is 1.80. The van der Waals surface area contributed by atoms with Gasteiger partial charge in [-0.1, -0.05) is 48.5 Å². The molecule has 5 rings (SSSR count). The molecule has 0 spiro atoms. The van der Waals surface area contributed by atoms with Gasteiger partial charge in [-0.25, -0.2) is 0 Å². The first kappa shape index (κ1) is 13.5. The predicted molar refractivity (Wildman–Crippen MR) is 94.5 cm³/mol. The monoisotopic (exact) mass is 303 g/mol. The maximum Gasteiger partial charge on any atom is 0.0932 e. The van der Waals surface area contributed by atoms with Crippen LogP contribution in [0.1, 0.15) is 31.2 Å². The number of fused-ring (bicyclic) bond motifs is 5. The molecule has 2 unspecified atom stereocenters. The lowest BCUT2D eigenvalue weighted by molar-refractivity contribution is -0.00999. The van der Waals surface area contributed by atoms with Crippen LogP contribution in [-0.4, -0.2) is 17.2 Å². The summed E-state index contributed by atoms with van der Waals surface area (Å²) >= 11 is 0. The minimum atomic E-state index is -0.708. The van der Waals surface area contributed by atoms with Crippen LogP contribution in [0, 0.1) is 0 Å². The van der Waals surface area contributed by atoms with Crippen LogP contribution in [0.3, 0.4) is 0 Å². The standard InChI is InChI=1S/C21H21NO/c23-21(12-15-9-10-16(13-21)22-15)20-11-14-5-1-2-6-17(14)18-7-3-4-8-19(18)20/h1-8,11,15-16,22-23H,9-10,12-13H2. The zero-order chi connectivity index (χ0) is 15.4. The summed E-state index contributed by atoms with van der Waals surface area (Å²) in [6, 6.07) is 20.2. The number of hydrogen-bond acceptors (Lipinski definition) is 2. The Morgan fingerprint density at radius 2 is 1.43 bits per heavy atom. The zero-order valence-electron chi connectivity index (χ0n) is 13.1. The number of aliphatic hydroxyl groups is 1. The van der Waals surface area contributed by atoms with Gasteiger partial charge in [0.2, 0.25) is 0 Å². The molecule has 3 aromatic rings. The summed E-state index contributed by atoms with van der Waals surface area (Å²) < 4.78 is 0. The van der Waals surface area contributed by atoms with Gasteiger partial charge in [-0.15, -0.1) is 0 Å². The molecule has 2 saturated heterocycles. The van der Waals surface area contributed by atoms with Crippen molar-refractivity contribution in [2.75, 3.05) is 0 Å². The Kier molecular flexibility index (Phi) is 2.82. The van der Waals surface area contributed by atoms with Gasteiger partial charge in [0.05, 0.1) is 5.60 Å². The summed E-state index contributed by atoms with van der Waals surface area (Å²) in [6.45, 7) is 0. The Hall–Kier alpha value is -1.90. The second-order valence-electron chi connectivity index (χ2n) is 7.27. The fourth-order valence-electron chi connectivity index (χ4n) is 4.78. The molecule has 3 aromatic carbocycles. The fourth-order valence-corrected chi connectivity index (χ4v) is 4.78. The third kappa shape index (κ3) is 2.02. The van der Waals surface area contributed by atoms with E-state index in [1.165, 1.54) is 34.4 Å². The summed E-state index contributed by atoms with van der Waals surface area (Å²) in [5.41, 5.74) is 0.408. The quantitative estimate of drug-likeness (QED) is 0.664. The van der Waals surface area contributed by atoms with Crippen molar-refractivity contribution < 1.29 is 5.11 Å². The van der Waals surface area contributed by atoms with Gasteiger partial charge in [0.25, 0.3) is 0 Å². The van der Waals surface area contributed by atoms with Crippen molar-refractivity contribution in [2.45, 2.75) is 43.4 Å². The molecule has 2 nitrogen and oxygen atoms in total. The average Bonchev–Trinajstić information content (AvgIpc) is 2.93. The van der Waals surface area contributed by atoms with E-state index in [1.807, 2.05) is 0 Å². The van der Waals surface area contributed by atoms with E-state index >= 15 is 0 Å². The van der Waals surface area contributed by atoms with Crippen LogP contribution in [0.5, 0.6) is 0 Å². The summed E-state index contributed by atoms with van der Waals surface area (Å²) in [5, 5.41) is 20.1. The Bertz CT molecular complexity index is 889. The van der Waals surface area contributed by atoms with E-state index < -0.39 is 5.60 Å². The highest BCUT2D eigenvalue weighted by atomic mass is 16.3. The van der Waals surface area contributed by atoms with E-state index in [0.29, 0.717) is 12.1 Å². The summed E-state index contributed by atoms with van der Waals surface area (Å²) in [4.78, 5) is 0. The van der Waals surface area contributed by atoms with E-state index in [0.717, 1.165) is 18.4 Å². The van der Waals surface area contributed by atoms with E-state index in [4.69, 9.17) is 0 Å². The van der Waals surface area contributed by atoms with Crippen LogP contribution >= 0.6 is 0 Å². The molecule has 0 saturated carbocycles. The van der Waals surface area contributed by atoms with Gasteiger partial charge in [0, 0.05) is 12.1 Å². The molecular formula is C21H21NO. The minimum Gasteiger partial charge on any atom is -0.385 e. The first-order chi connectivity index (χ1) is 11.2. The molecule has 116 valence electrons. The van der Waals surface area contributed by atoms with E-state index in [-0.39, 0.29) is 0 Å². The summed E-state index contributed by atoms with van der Waals surface area (Å²) in [5.74, 6) is 0. The first-order valence-electron chi connectivity index (χ1n) is 8.62. The molecule has 2 atom stereocenters. The van der Waals surface area contributed by atoms with Crippen molar-refractivity contribution in [3.8, 4) is 0 Å². The SMILES string of the molecule is OC1(c2cc3ccccc3c3ccccc23)CC2CCC(C1)N2. The highest BCUT2D eigenvalue weighted by Gasteiger charge is 2.44. The van der Waals surface area contributed by atoms with Gasteiger partial charge in [0.15, 0.2) is 0 Å². The third-order valence-electron chi connectivity index (χ3n) is 5.77. The Morgan fingerprint density at radius 3 is 2.17 bits per heavy atom. The van der Waals surface area contributed by atoms with Crippen LogP contribution in [0.2, 0.25) is 0 Å². The minimum absolute atomic E-state index is 0.462. The van der Waals surface area contributed by atoms with E-state index in [1.54, 1.807) is 0 Å². The number of piperidine rings is 1. The molecule has 0 amide bonds. The van der Waals surface area contributed by atoms with Crippen molar-refractivity contribution in [1.82, 2.24) is 5.32 Å². The summed E-state index contributed by atoms with van der Waals surface area (Å²) in [6.07, 6.45) is 4.04. The lowest BCUT2D eigenvalue weighted by Crippen LogP contribution is -2.46. The predicted octanol–water partition coefficient (Wildman–Crippen LogP) is 4.10. The lowest BCUT2D eigenvalue weighted by Gasteiger charge is -2.38. The molecule has 2 bridgehead atoms. The van der Waals surface area contributed by atoms with Gasteiger partial charge in [-0.2, -0.15) is 0 Å². The van der Waals surface area contributed by atoms with Crippen molar-refractivity contribution in [3.63, 3.8) is 0 Å². The number of hydrogen-bond donors (Lipinski definition) is 2. The van der Waals surface area contributed by atoms with Crippen molar-refractivity contribution >= 4 is 21.5 Å². The largest absolute Gasteiger partial charge is 0.385 e. The molecule has 0 aliphatic carbocycles.